The van der Waals surface area contributed by atoms with Gasteiger partial charge in [-0.1, -0.05) is 0 Å². The van der Waals surface area contributed by atoms with Gasteiger partial charge in [-0.3, -0.25) is 4.57 Å². The van der Waals surface area contributed by atoms with E-state index in [1.54, 1.807) is 25.5 Å². The minimum atomic E-state index is -0.786. The summed E-state index contributed by atoms with van der Waals surface area (Å²) in [5.41, 5.74) is -0.786. The molecule has 94 valence electrons. The van der Waals surface area contributed by atoms with Crippen molar-refractivity contribution in [3.05, 3.63) is 15.9 Å². The number of aryl methyl sites for hydroxylation is 1. The van der Waals surface area contributed by atoms with Crippen molar-refractivity contribution in [2.75, 3.05) is 18.0 Å². The number of rotatable bonds is 2. The van der Waals surface area contributed by atoms with Crippen molar-refractivity contribution in [2.24, 2.45) is 7.05 Å². The Labute approximate surface area is 98.8 Å². The number of nitrogens with zero attached hydrogens (tertiary/aromatic N) is 4. The molecule has 2 heterocycles. The van der Waals surface area contributed by atoms with Gasteiger partial charge in [-0.05, 0) is 23.3 Å². The number of imidazole rings is 1. The Hall–Kier alpha value is -1.63. The fourth-order valence-corrected chi connectivity index (χ4v) is 2.18. The van der Waals surface area contributed by atoms with Crippen LogP contribution in [0.2, 0.25) is 0 Å². The van der Waals surface area contributed by atoms with Crippen LogP contribution >= 0.6 is 0 Å². The maximum atomic E-state index is 10.9. The second-order valence-electron chi connectivity index (χ2n) is 4.79. The minimum absolute atomic E-state index is 0.136. The second kappa shape index (κ2) is 3.69. The number of hydrogen-bond donors (Lipinski definition) is 1. The van der Waals surface area contributed by atoms with Crippen LogP contribution in [0.4, 0.5) is 11.6 Å². The number of aliphatic hydroxyl groups is 1. The van der Waals surface area contributed by atoms with Crippen LogP contribution in [0.1, 0.15) is 19.2 Å². The molecule has 1 aliphatic heterocycles. The molecule has 0 bridgehead atoms. The normalized spacial score (nSPS) is 24.4. The van der Waals surface area contributed by atoms with Gasteiger partial charge in [0.25, 0.3) is 0 Å². The van der Waals surface area contributed by atoms with Gasteiger partial charge < -0.3 is 20.1 Å². The number of hydrogen-bond acceptors (Lipinski definition) is 5. The van der Waals surface area contributed by atoms with Gasteiger partial charge in [0, 0.05) is 27.1 Å². The molecule has 7 nitrogen and oxygen atoms in total. The zero-order chi connectivity index (χ0) is 12.8. The first-order valence-corrected chi connectivity index (χ1v) is 5.47. The lowest BCUT2D eigenvalue weighted by Crippen LogP contribution is -2.30. The summed E-state index contributed by atoms with van der Waals surface area (Å²) >= 11 is 0. The molecule has 0 radical (unpaired) electrons. The van der Waals surface area contributed by atoms with Gasteiger partial charge in [0.2, 0.25) is 11.6 Å². The molecule has 0 aromatic carbocycles. The Bertz CT molecular complexity index is 466. The highest BCUT2D eigenvalue weighted by atomic mass is 16.6. The Kier molecular flexibility index (Phi) is 2.57. The molecule has 1 N–H and O–H groups in total. The lowest BCUT2D eigenvalue weighted by molar-refractivity contribution is -0.388. The first-order chi connectivity index (χ1) is 7.82. The number of anilines is 1. The highest BCUT2D eigenvalue weighted by Gasteiger charge is 2.37. The topological polar surface area (TPSA) is 84.4 Å². The van der Waals surface area contributed by atoms with E-state index in [1.807, 2.05) is 4.90 Å². The molecule has 2 rings (SSSR count). The van der Waals surface area contributed by atoms with E-state index < -0.39 is 10.5 Å². The first kappa shape index (κ1) is 11.8. The van der Waals surface area contributed by atoms with Crippen molar-refractivity contribution in [2.45, 2.75) is 25.9 Å². The molecule has 0 spiro atoms. The van der Waals surface area contributed by atoms with Crippen molar-refractivity contribution in [1.29, 1.82) is 0 Å². The summed E-state index contributed by atoms with van der Waals surface area (Å²) in [7, 11) is 1.75. The Morgan fingerprint density at radius 1 is 1.59 bits per heavy atom. The van der Waals surface area contributed by atoms with Gasteiger partial charge in [-0.25, -0.2) is 0 Å². The van der Waals surface area contributed by atoms with E-state index >= 15 is 0 Å². The molecule has 7 heteroatoms. The van der Waals surface area contributed by atoms with E-state index in [-0.39, 0.29) is 5.82 Å². The molecule has 0 saturated carbocycles. The molecule has 1 saturated heterocycles. The smallest absolute Gasteiger partial charge is 0.388 e. The quantitative estimate of drug-likeness (QED) is 0.604. The molecule has 1 atom stereocenters. The number of nitro groups is 1. The highest BCUT2D eigenvalue weighted by molar-refractivity contribution is 5.57. The standard InChI is InChI=1S/C10H16N4O3/c1-7-11-8(14(16)17)9(12(7)3)13-5-4-10(2,15)6-13/h15H,4-6H2,1-3H3. The molecular weight excluding hydrogens is 224 g/mol. The van der Waals surface area contributed by atoms with Gasteiger partial charge >= 0.3 is 5.82 Å². The zero-order valence-electron chi connectivity index (χ0n) is 10.2. The van der Waals surface area contributed by atoms with Crippen molar-refractivity contribution >= 4 is 11.6 Å². The van der Waals surface area contributed by atoms with E-state index in [9.17, 15) is 15.2 Å². The third-order valence-electron chi connectivity index (χ3n) is 3.20. The predicted molar refractivity (Wildman–Crippen MR) is 62.1 cm³/mol. The third-order valence-corrected chi connectivity index (χ3v) is 3.20. The average Bonchev–Trinajstić information content (AvgIpc) is 2.69. The minimum Gasteiger partial charge on any atom is -0.388 e. The van der Waals surface area contributed by atoms with Crippen molar-refractivity contribution < 1.29 is 10.0 Å². The lowest BCUT2D eigenvalue weighted by atomic mass is 10.1. The average molecular weight is 240 g/mol. The summed E-state index contributed by atoms with van der Waals surface area (Å²) in [5.74, 6) is 0.936. The molecule has 1 aliphatic rings. The van der Waals surface area contributed by atoms with Crippen LogP contribution in [0.25, 0.3) is 0 Å². The number of aromatic nitrogens is 2. The maximum absolute atomic E-state index is 10.9. The van der Waals surface area contributed by atoms with E-state index in [0.29, 0.717) is 31.2 Å². The monoisotopic (exact) mass is 240 g/mol. The van der Waals surface area contributed by atoms with Gasteiger partial charge in [0.1, 0.15) is 0 Å². The Morgan fingerprint density at radius 3 is 2.71 bits per heavy atom. The number of β-amino-alcohol motifs (C(OH)–C–C–N with tert-alkyl or cyclic N) is 1. The molecule has 0 aliphatic carbocycles. The Balaban J connectivity index is 2.42. The summed E-state index contributed by atoms with van der Waals surface area (Å²) in [5, 5.41) is 20.9. The lowest BCUT2D eigenvalue weighted by Gasteiger charge is -2.20. The van der Waals surface area contributed by atoms with E-state index in [4.69, 9.17) is 0 Å². The fourth-order valence-electron chi connectivity index (χ4n) is 2.18. The van der Waals surface area contributed by atoms with Crippen LogP contribution in [0.5, 0.6) is 0 Å². The predicted octanol–water partition coefficient (Wildman–Crippen LogP) is 0.598. The van der Waals surface area contributed by atoms with E-state index in [0.717, 1.165) is 0 Å². The maximum Gasteiger partial charge on any atom is 0.406 e. The largest absolute Gasteiger partial charge is 0.406 e. The van der Waals surface area contributed by atoms with Gasteiger partial charge in [0.15, 0.2) is 0 Å². The van der Waals surface area contributed by atoms with Crippen molar-refractivity contribution in [1.82, 2.24) is 9.55 Å². The van der Waals surface area contributed by atoms with E-state index in [2.05, 4.69) is 4.98 Å². The second-order valence-corrected chi connectivity index (χ2v) is 4.79. The Morgan fingerprint density at radius 2 is 2.24 bits per heavy atom. The molecule has 1 aromatic rings. The fraction of sp³-hybridized carbons (Fsp3) is 0.700. The summed E-state index contributed by atoms with van der Waals surface area (Å²) < 4.78 is 1.69. The molecular formula is C10H16N4O3. The van der Waals surface area contributed by atoms with Crippen LogP contribution in [-0.4, -0.2) is 38.3 Å². The van der Waals surface area contributed by atoms with Gasteiger partial charge in [-0.2, -0.15) is 0 Å². The van der Waals surface area contributed by atoms with Gasteiger partial charge in [0.05, 0.1) is 5.60 Å². The molecule has 1 fully saturated rings. The molecule has 0 amide bonds. The van der Waals surface area contributed by atoms with Crippen LogP contribution in [-0.2, 0) is 7.05 Å². The third kappa shape index (κ3) is 1.97. The zero-order valence-corrected chi connectivity index (χ0v) is 10.2. The summed E-state index contributed by atoms with van der Waals surface area (Å²) in [6.45, 7) is 4.46. The first-order valence-electron chi connectivity index (χ1n) is 5.47. The van der Waals surface area contributed by atoms with Gasteiger partial charge in [-0.15, -0.1) is 0 Å². The molecule has 1 aromatic heterocycles. The van der Waals surface area contributed by atoms with Crippen LogP contribution in [0.15, 0.2) is 0 Å². The molecule has 1 unspecified atom stereocenters. The van der Waals surface area contributed by atoms with E-state index in [1.165, 1.54) is 0 Å². The molecule has 17 heavy (non-hydrogen) atoms. The SMILES string of the molecule is Cc1nc([N+](=O)[O-])c(N2CCC(C)(O)C2)n1C. The summed E-state index contributed by atoms with van der Waals surface area (Å²) in [4.78, 5) is 16.2. The van der Waals surface area contributed by atoms with Crippen LogP contribution in [0, 0.1) is 17.0 Å². The highest BCUT2D eigenvalue weighted by Crippen LogP contribution is 2.33. The van der Waals surface area contributed by atoms with Crippen LogP contribution < -0.4 is 4.90 Å². The summed E-state index contributed by atoms with van der Waals surface area (Å²) in [6.07, 6.45) is 0.606. The van der Waals surface area contributed by atoms with Crippen LogP contribution in [0.3, 0.4) is 0 Å². The van der Waals surface area contributed by atoms with Crippen molar-refractivity contribution in [3.8, 4) is 0 Å². The van der Waals surface area contributed by atoms with Crippen molar-refractivity contribution in [3.63, 3.8) is 0 Å². The summed E-state index contributed by atoms with van der Waals surface area (Å²) in [6, 6.07) is 0.